The summed E-state index contributed by atoms with van der Waals surface area (Å²) in [5, 5.41) is 3.29. The van der Waals surface area contributed by atoms with E-state index in [1.165, 1.54) is 12.8 Å². The van der Waals surface area contributed by atoms with Crippen molar-refractivity contribution in [1.29, 1.82) is 0 Å². The first kappa shape index (κ1) is 12.1. The van der Waals surface area contributed by atoms with Gasteiger partial charge >= 0.3 is 0 Å². The van der Waals surface area contributed by atoms with E-state index in [-0.39, 0.29) is 0 Å². The van der Waals surface area contributed by atoms with Crippen molar-refractivity contribution in [3.05, 3.63) is 11.9 Å². The number of likely N-dealkylation sites (N-methyl/N-ethyl adjacent to an activating group) is 1. The van der Waals surface area contributed by atoms with Gasteiger partial charge in [0, 0.05) is 25.1 Å². The second kappa shape index (κ2) is 5.29. The Kier molecular flexibility index (Phi) is 3.75. The van der Waals surface area contributed by atoms with Gasteiger partial charge in [0.1, 0.15) is 17.5 Å². The second-order valence-electron chi connectivity index (χ2n) is 4.65. The monoisotopic (exact) mass is 236 g/mol. The van der Waals surface area contributed by atoms with Gasteiger partial charge in [-0.2, -0.15) is 0 Å². The fourth-order valence-corrected chi connectivity index (χ4v) is 1.56. The van der Waals surface area contributed by atoms with Gasteiger partial charge in [-0.15, -0.1) is 0 Å². The molecule has 6 nitrogen and oxygen atoms in total. The third kappa shape index (κ3) is 3.54. The first-order valence-corrected chi connectivity index (χ1v) is 5.93. The summed E-state index contributed by atoms with van der Waals surface area (Å²) in [5.41, 5.74) is 2.59. The summed E-state index contributed by atoms with van der Waals surface area (Å²) < 4.78 is 0. The van der Waals surface area contributed by atoms with E-state index in [2.05, 4.69) is 25.6 Å². The Bertz CT molecular complexity index is 374. The number of hydrogen-bond donors (Lipinski definition) is 3. The second-order valence-corrected chi connectivity index (χ2v) is 4.65. The summed E-state index contributed by atoms with van der Waals surface area (Å²) in [4.78, 5) is 11.0. The molecule has 0 aromatic carbocycles. The van der Waals surface area contributed by atoms with Crippen LogP contribution in [0.15, 0.2) is 6.07 Å². The number of nitrogens with two attached hydrogens (primary N) is 1. The average Bonchev–Trinajstić information content (AvgIpc) is 3.12. The quantitative estimate of drug-likeness (QED) is 0.496. The van der Waals surface area contributed by atoms with E-state index >= 15 is 0 Å². The summed E-state index contributed by atoms with van der Waals surface area (Å²) in [6, 6.07) is 1.83. The Morgan fingerprint density at radius 3 is 2.65 bits per heavy atom. The standard InChI is InChI=1S/C11H20N6/c1-17(2)6-5-13-9-7-10(16-12)15-11(14-9)8-3-4-8/h7-8H,3-6,12H2,1-2H3,(H2,13,14,15,16). The molecule has 1 aromatic heterocycles. The predicted molar refractivity (Wildman–Crippen MR) is 68.9 cm³/mol. The molecule has 1 heterocycles. The third-order valence-electron chi connectivity index (χ3n) is 2.70. The molecule has 1 saturated carbocycles. The lowest BCUT2D eigenvalue weighted by Crippen LogP contribution is -2.21. The molecular weight excluding hydrogens is 216 g/mol. The Labute approximate surface area is 102 Å². The van der Waals surface area contributed by atoms with Crippen molar-refractivity contribution in [3.63, 3.8) is 0 Å². The van der Waals surface area contributed by atoms with Crippen molar-refractivity contribution in [3.8, 4) is 0 Å². The molecule has 0 bridgehead atoms. The molecule has 1 aliphatic rings. The van der Waals surface area contributed by atoms with Crippen molar-refractivity contribution in [2.45, 2.75) is 18.8 Å². The summed E-state index contributed by atoms with van der Waals surface area (Å²) in [6.07, 6.45) is 2.37. The van der Waals surface area contributed by atoms with Gasteiger partial charge in [0.2, 0.25) is 0 Å². The van der Waals surface area contributed by atoms with Crippen LogP contribution in [0.2, 0.25) is 0 Å². The molecule has 2 rings (SSSR count). The minimum atomic E-state index is 0.526. The van der Waals surface area contributed by atoms with Gasteiger partial charge in [-0.25, -0.2) is 15.8 Å². The van der Waals surface area contributed by atoms with Gasteiger partial charge in [0.25, 0.3) is 0 Å². The van der Waals surface area contributed by atoms with Crippen molar-refractivity contribution >= 4 is 11.6 Å². The van der Waals surface area contributed by atoms with Crippen LogP contribution in [0.3, 0.4) is 0 Å². The molecule has 0 saturated heterocycles. The Hall–Kier alpha value is -1.40. The molecule has 0 amide bonds. The van der Waals surface area contributed by atoms with Crippen molar-refractivity contribution < 1.29 is 0 Å². The summed E-state index contributed by atoms with van der Waals surface area (Å²) in [5.74, 6) is 8.35. The van der Waals surface area contributed by atoms with Gasteiger partial charge in [0.15, 0.2) is 0 Å². The van der Waals surface area contributed by atoms with Crippen LogP contribution < -0.4 is 16.6 Å². The summed E-state index contributed by atoms with van der Waals surface area (Å²) in [6.45, 7) is 1.83. The fraction of sp³-hybridized carbons (Fsp3) is 0.636. The van der Waals surface area contributed by atoms with Crippen molar-refractivity contribution in [2.24, 2.45) is 5.84 Å². The minimum Gasteiger partial charge on any atom is -0.369 e. The highest BCUT2D eigenvalue weighted by Crippen LogP contribution is 2.38. The maximum absolute atomic E-state index is 5.41. The van der Waals surface area contributed by atoms with E-state index in [4.69, 9.17) is 5.84 Å². The maximum atomic E-state index is 5.41. The van der Waals surface area contributed by atoms with Gasteiger partial charge in [-0.1, -0.05) is 0 Å². The molecule has 4 N–H and O–H groups in total. The van der Waals surface area contributed by atoms with E-state index in [1.54, 1.807) is 0 Å². The summed E-state index contributed by atoms with van der Waals surface area (Å²) >= 11 is 0. The summed E-state index contributed by atoms with van der Waals surface area (Å²) in [7, 11) is 4.09. The van der Waals surface area contributed by atoms with Crippen molar-refractivity contribution in [2.75, 3.05) is 37.9 Å². The lowest BCUT2D eigenvalue weighted by atomic mass is 10.3. The smallest absolute Gasteiger partial charge is 0.145 e. The Morgan fingerprint density at radius 1 is 1.35 bits per heavy atom. The highest BCUT2D eigenvalue weighted by Gasteiger charge is 2.27. The third-order valence-corrected chi connectivity index (χ3v) is 2.70. The SMILES string of the molecule is CN(C)CCNc1cc(NN)nc(C2CC2)n1. The molecule has 0 atom stereocenters. The first-order chi connectivity index (χ1) is 8.19. The molecule has 0 spiro atoms. The fourth-order valence-electron chi connectivity index (χ4n) is 1.56. The first-order valence-electron chi connectivity index (χ1n) is 5.93. The van der Waals surface area contributed by atoms with E-state index in [9.17, 15) is 0 Å². The van der Waals surface area contributed by atoms with E-state index in [1.807, 2.05) is 20.2 Å². The topological polar surface area (TPSA) is 79.1 Å². The van der Waals surface area contributed by atoms with E-state index in [0.717, 1.165) is 24.7 Å². The van der Waals surface area contributed by atoms with E-state index in [0.29, 0.717) is 11.7 Å². The zero-order chi connectivity index (χ0) is 12.3. The largest absolute Gasteiger partial charge is 0.369 e. The zero-order valence-corrected chi connectivity index (χ0v) is 10.4. The minimum absolute atomic E-state index is 0.526. The number of rotatable bonds is 6. The van der Waals surface area contributed by atoms with Gasteiger partial charge < -0.3 is 15.6 Å². The molecule has 0 radical (unpaired) electrons. The van der Waals surface area contributed by atoms with Crippen LogP contribution in [0.5, 0.6) is 0 Å². The van der Waals surface area contributed by atoms with Crippen LogP contribution in [-0.2, 0) is 0 Å². The highest BCUT2D eigenvalue weighted by molar-refractivity contribution is 5.47. The number of nitrogens with zero attached hydrogens (tertiary/aromatic N) is 3. The van der Waals surface area contributed by atoms with Crippen LogP contribution in [0.4, 0.5) is 11.6 Å². The molecule has 0 unspecified atom stereocenters. The number of anilines is 2. The highest BCUT2D eigenvalue weighted by atomic mass is 15.3. The lowest BCUT2D eigenvalue weighted by molar-refractivity contribution is 0.425. The van der Waals surface area contributed by atoms with E-state index < -0.39 is 0 Å². The number of aromatic nitrogens is 2. The molecule has 1 fully saturated rings. The molecule has 94 valence electrons. The Morgan fingerprint density at radius 2 is 2.06 bits per heavy atom. The van der Waals surface area contributed by atoms with Gasteiger partial charge in [0.05, 0.1) is 0 Å². The van der Waals surface area contributed by atoms with Gasteiger partial charge in [-0.3, -0.25) is 0 Å². The molecule has 17 heavy (non-hydrogen) atoms. The molecule has 1 aromatic rings. The van der Waals surface area contributed by atoms with Gasteiger partial charge in [-0.05, 0) is 26.9 Å². The van der Waals surface area contributed by atoms with Crippen LogP contribution in [-0.4, -0.2) is 42.1 Å². The number of nitrogen functional groups attached to an aromatic ring is 1. The van der Waals surface area contributed by atoms with Crippen molar-refractivity contribution in [1.82, 2.24) is 14.9 Å². The van der Waals surface area contributed by atoms with Crippen LogP contribution in [0.25, 0.3) is 0 Å². The number of hydrogen-bond acceptors (Lipinski definition) is 6. The normalized spacial score (nSPS) is 15.1. The predicted octanol–water partition coefficient (Wildman–Crippen LogP) is 0.613. The van der Waals surface area contributed by atoms with Crippen LogP contribution in [0, 0.1) is 0 Å². The maximum Gasteiger partial charge on any atom is 0.145 e. The Balaban J connectivity index is 2.01. The number of nitrogens with one attached hydrogen (secondary N) is 2. The zero-order valence-electron chi connectivity index (χ0n) is 10.4. The molecule has 6 heteroatoms. The average molecular weight is 236 g/mol. The molecular formula is C11H20N6. The number of hydrazine groups is 1. The van der Waals surface area contributed by atoms with Crippen LogP contribution >= 0.6 is 0 Å². The lowest BCUT2D eigenvalue weighted by Gasteiger charge is -2.12. The van der Waals surface area contributed by atoms with Crippen LogP contribution in [0.1, 0.15) is 24.6 Å². The molecule has 1 aliphatic carbocycles. The molecule has 0 aliphatic heterocycles.